The van der Waals surface area contributed by atoms with E-state index in [9.17, 15) is 9.59 Å². The molecule has 1 fully saturated rings. The molecule has 0 radical (unpaired) electrons. The number of ether oxygens (including phenoxy) is 1. The first-order chi connectivity index (χ1) is 12.8. The summed E-state index contributed by atoms with van der Waals surface area (Å²) in [4.78, 5) is 23.9. The Bertz CT molecular complexity index is 778. The van der Waals surface area contributed by atoms with Gasteiger partial charge in [-0.1, -0.05) is 5.16 Å². The van der Waals surface area contributed by atoms with Gasteiger partial charge in [-0.15, -0.1) is 0 Å². The van der Waals surface area contributed by atoms with E-state index in [1.807, 2.05) is 26.8 Å². The first-order valence-corrected chi connectivity index (χ1v) is 9.02. The summed E-state index contributed by atoms with van der Waals surface area (Å²) in [7, 11) is 0. The van der Waals surface area contributed by atoms with Gasteiger partial charge in [0, 0.05) is 29.3 Å². The van der Waals surface area contributed by atoms with Crippen LogP contribution in [0.3, 0.4) is 0 Å². The molecular formula is C18H25N5O4. The summed E-state index contributed by atoms with van der Waals surface area (Å²) in [6.07, 6.45) is 3.50. The quantitative estimate of drug-likeness (QED) is 0.738. The van der Waals surface area contributed by atoms with Gasteiger partial charge in [-0.25, -0.2) is 4.79 Å². The zero-order valence-corrected chi connectivity index (χ0v) is 15.7. The number of H-pyrrole nitrogens is 1. The number of hydrogen-bond donors (Lipinski definition) is 3. The minimum Gasteiger partial charge on any atom is -0.446 e. The molecule has 9 heteroatoms. The van der Waals surface area contributed by atoms with Gasteiger partial charge >= 0.3 is 6.09 Å². The van der Waals surface area contributed by atoms with Crippen LogP contribution in [-0.4, -0.2) is 39.0 Å². The minimum absolute atomic E-state index is 0.102. The van der Waals surface area contributed by atoms with E-state index < -0.39 is 6.09 Å². The highest BCUT2D eigenvalue weighted by molar-refractivity contribution is 5.91. The number of carbonyl (C=O) groups is 2. The molecule has 2 atom stereocenters. The summed E-state index contributed by atoms with van der Waals surface area (Å²) in [6, 6.07) is 3.46. The lowest BCUT2D eigenvalue weighted by molar-refractivity contribution is -0.115. The standard InChI is InChI=1S/C18H25N5O4/c1-18(2,3)21-17(25)26-12-5-4-11(8-12)14-10-15(23-22-14)20-16(24)9-13-6-7-19-27-13/h6-7,10-12H,4-5,8-9H2,1-3H3,(H,21,25)(H2,20,22,23,24)/t11-,12+/m0/s1. The smallest absolute Gasteiger partial charge is 0.407 e. The molecule has 9 nitrogen and oxygen atoms in total. The van der Waals surface area contributed by atoms with Crippen molar-refractivity contribution in [2.45, 2.75) is 64.0 Å². The maximum atomic E-state index is 12.0. The van der Waals surface area contributed by atoms with Crippen LogP contribution in [0.1, 0.15) is 57.4 Å². The van der Waals surface area contributed by atoms with E-state index in [2.05, 4.69) is 26.0 Å². The molecule has 0 aromatic carbocycles. The molecule has 2 heterocycles. The molecule has 27 heavy (non-hydrogen) atoms. The van der Waals surface area contributed by atoms with Gasteiger partial charge < -0.3 is 19.9 Å². The molecule has 1 saturated carbocycles. The fourth-order valence-corrected chi connectivity index (χ4v) is 3.11. The first kappa shape index (κ1) is 18.9. The van der Waals surface area contributed by atoms with Crippen molar-refractivity contribution in [3.05, 3.63) is 29.8 Å². The highest BCUT2D eigenvalue weighted by Crippen LogP contribution is 2.35. The number of nitrogens with one attached hydrogen (secondary N) is 3. The van der Waals surface area contributed by atoms with Crippen molar-refractivity contribution >= 4 is 17.8 Å². The first-order valence-electron chi connectivity index (χ1n) is 9.02. The van der Waals surface area contributed by atoms with Crippen LogP contribution in [0.4, 0.5) is 10.6 Å². The highest BCUT2D eigenvalue weighted by atomic mass is 16.6. The molecule has 3 rings (SSSR count). The number of aromatic amines is 1. The topological polar surface area (TPSA) is 122 Å². The molecule has 1 aliphatic carbocycles. The van der Waals surface area contributed by atoms with Gasteiger partial charge in [0.15, 0.2) is 5.82 Å². The third-order valence-electron chi connectivity index (χ3n) is 4.27. The van der Waals surface area contributed by atoms with E-state index in [0.29, 0.717) is 11.6 Å². The van der Waals surface area contributed by atoms with Crippen molar-refractivity contribution in [1.82, 2.24) is 20.7 Å². The van der Waals surface area contributed by atoms with Crippen LogP contribution in [0, 0.1) is 0 Å². The predicted molar refractivity (Wildman–Crippen MR) is 97.2 cm³/mol. The second-order valence-electron chi connectivity index (χ2n) is 7.82. The minimum atomic E-state index is -0.391. The number of anilines is 1. The summed E-state index contributed by atoms with van der Waals surface area (Å²) in [5, 5.41) is 16.2. The number of nitrogens with zero attached hydrogens (tertiary/aromatic N) is 2. The number of rotatable bonds is 5. The van der Waals surface area contributed by atoms with Crippen molar-refractivity contribution in [3.63, 3.8) is 0 Å². The van der Waals surface area contributed by atoms with Crippen molar-refractivity contribution in [3.8, 4) is 0 Å². The van der Waals surface area contributed by atoms with Gasteiger partial charge in [-0.3, -0.25) is 9.89 Å². The monoisotopic (exact) mass is 375 g/mol. The number of aromatic nitrogens is 3. The SMILES string of the molecule is CC(C)(C)NC(=O)O[C@@H]1CC[C@H](c2cc(NC(=O)Cc3ccno3)n[nH]2)C1. The predicted octanol–water partition coefficient (Wildman–Crippen LogP) is 2.74. The van der Waals surface area contributed by atoms with Gasteiger partial charge in [0.25, 0.3) is 0 Å². The van der Waals surface area contributed by atoms with Crippen LogP contribution in [0.5, 0.6) is 0 Å². The molecule has 0 saturated heterocycles. The summed E-state index contributed by atoms with van der Waals surface area (Å²) in [5.74, 6) is 0.943. The van der Waals surface area contributed by atoms with E-state index in [1.165, 1.54) is 6.20 Å². The summed E-state index contributed by atoms with van der Waals surface area (Å²) < 4.78 is 10.4. The molecule has 2 amide bonds. The Hall–Kier alpha value is -2.84. The Labute approximate surface area is 157 Å². The van der Waals surface area contributed by atoms with E-state index in [0.717, 1.165) is 25.0 Å². The van der Waals surface area contributed by atoms with Gasteiger partial charge in [-0.05, 0) is 40.0 Å². The van der Waals surface area contributed by atoms with Crippen LogP contribution in [0.2, 0.25) is 0 Å². The van der Waals surface area contributed by atoms with Gasteiger partial charge in [0.05, 0.1) is 12.6 Å². The Morgan fingerprint density at radius 1 is 1.37 bits per heavy atom. The van der Waals surface area contributed by atoms with Crippen LogP contribution in [0.25, 0.3) is 0 Å². The Kier molecular flexibility index (Phi) is 5.48. The third kappa shape index (κ3) is 5.57. The highest BCUT2D eigenvalue weighted by Gasteiger charge is 2.30. The molecule has 3 N–H and O–H groups in total. The average Bonchev–Trinajstić information content (AvgIpc) is 3.26. The third-order valence-corrected chi connectivity index (χ3v) is 4.27. The fourth-order valence-electron chi connectivity index (χ4n) is 3.11. The molecule has 0 aliphatic heterocycles. The van der Waals surface area contributed by atoms with Crippen molar-refractivity contribution in [2.75, 3.05) is 5.32 Å². The van der Waals surface area contributed by atoms with E-state index in [1.54, 1.807) is 6.07 Å². The molecule has 2 aromatic heterocycles. The number of hydrogen-bond acceptors (Lipinski definition) is 6. The zero-order valence-electron chi connectivity index (χ0n) is 15.7. The van der Waals surface area contributed by atoms with Gasteiger partial charge in [0.2, 0.25) is 5.91 Å². The van der Waals surface area contributed by atoms with Crippen LogP contribution in [-0.2, 0) is 16.0 Å². The number of alkyl carbamates (subject to hydrolysis) is 1. The maximum Gasteiger partial charge on any atom is 0.407 e. The second kappa shape index (κ2) is 7.81. The van der Waals surface area contributed by atoms with Crippen molar-refractivity contribution < 1.29 is 18.8 Å². The molecule has 0 spiro atoms. The molecule has 0 unspecified atom stereocenters. The molecule has 2 aromatic rings. The zero-order chi connectivity index (χ0) is 19.4. The molecule has 1 aliphatic rings. The maximum absolute atomic E-state index is 12.0. The molecule has 146 valence electrons. The number of amides is 2. The van der Waals surface area contributed by atoms with Crippen LogP contribution in [0.15, 0.2) is 22.9 Å². The van der Waals surface area contributed by atoms with E-state index in [4.69, 9.17) is 9.26 Å². The Morgan fingerprint density at radius 2 is 2.19 bits per heavy atom. The summed E-state index contributed by atoms with van der Waals surface area (Å²) >= 11 is 0. The summed E-state index contributed by atoms with van der Waals surface area (Å²) in [6.45, 7) is 5.73. The second-order valence-corrected chi connectivity index (χ2v) is 7.82. The largest absolute Gasteiger partial charge is 0.446 e. The lowest BCUT2D eigenvalue weighted by Crippen LogP contribution is -2.42. The normalized spacial score (nSPS) is 19.7. The summed E-state index contributed by atoms with van der Waals surface area (Å²) in [5.41, 5.74) is 0.601. The lowest BCUT2D eigenvalue weighted by atomic mass is 10.0. The van der Waals surface area contributed by atoms with Crippen LogP contribution < -0.4 is 10.6 Å². The number of carbonyl (C=O) groups excluding carboxylic acids is 2. The lowest BCUT2D eigenvalue weighted by Gasteiger charge is -2.22. The van der Waals surface area contributed by atoms with E-state index in [-0.39, 0.29) is 29.9 Å². The van der Waals surface area contributed by atoms with Crippen LogP contribution >= 0.6 is 0 Å². The van der Waals surface area contributed by atoms with Crippen molar-refractivity contribution in [1.29, 1.82) is 0 Å². The van der Waals surface area contributed by atoms with E-state index >= 15 is 0 Å². The Balaban J connectivity index is 1.48. The molecule has 0 bridgehead atoms. The Morgan fingerprint density at radius 3 is 2.89 bits per heavy atom. The average molecular weight is 375 g/mol. The molecular weight excluding hydrogens is 350 g/mol. The van der Waals surface area contributed by atoms with Gasteiger partial charge in [0.1, 0.15) is 11.9 Å². The van der Waals surface area contributed by atoms with Crippen molar-refractivity contribution in [2.24, 2.45) is 0 Å². The fraction of sp³-hybridized carbons (Fsp3) is 0.556. The van der Waals surface area contributed by atoms with Gasteiger partial charge in [-0.2, -0.15) is 5.10 Å².